The molecule has 0 fully saturated rings. The monoisotopic (exact) mass is 268 g/mol. The molecule has 0 aliphatic heterocycles. The zero-order valence-corrected chi connectivity index (χ0v) is 12.5. The molecule has 0 amide bonds. The molecule has 0 spiro atoms. The molecule has 0 radical (unpaired) electrons. The second kappa shape index (κ2) is 5.55. The highest BCUT2D eigenvalue weighted by molar-refractivity contribution is 5.89. The smallest absolute Gasteiger partial charge is 0.143 e. The minimum atomic E-state index is -0.237. The van der Waals surface area contributed by atoms with E-state index in [-0.39, 0.29) is 5.41 Å². The molecule has 0 aromatic heterocycles. The number of Topliss-reactive ketones (excluding diaryl/α,β-unsaturated/α-hetero) is 1. The Morgan fingerprint density at radius 1 is 0.950 bits per heavy atom. The van der Waals surface area contributed by atoms with Crippen molar-refractivity contribution < 1.29 is 4.79 Å². The molecule has 1 heteroatoms. The Bertz CT molecular complexity index is 526. The van der Waals surface area contributed by atoms with Gasteiger partial charge in [0.25, 0.3) is 0 Å². The summed E-state index contributed by atoms with van der Waals surface area (Å²) in [6.07, 6.45) is 8.93. The second-order valence-electron chi connectivity index (χ2n) is 6.56. The van der Waals surface area contributed by atoms with Crippen LogP contribution in [0.3, 0.4) is 0 Å². The van der Waals surface area contributed by atoms with Crippen LogP contribution >= 0.6 is 0 Å². The largest absolute Gasteiger partial charge is 0.299 e. The number of ketones is 1. The van der Waals surface area contributed by atoms with Crippen molar-refractivity contribution in [2.75, 3.05) is 0 Å². The Hall–Kier alpha value is -1.37. The summed E-state index contributed by atoms with van der Waals surface area (Å²) >= 11 is 0. The number of carbonyl (C=O) groups is 1. The van der Waals surface area contributed by atoms with Crippen LogP contribution in [0.1, 0.15) is 57.4 Å². The first kappa shape index (κ1) is 13.6. The lowest BCUT2D eigenvalue weighted by Crippen LogP contribution is -2.36. The zero-order chi connectivity index (χ0) is 14.0. The molecule has 20 heavy (non-hydrogen) atoms. The lowest BCUT2D eigenvalue weighted by Gasteiger charge is -2.37. The van der Waals surface area contributed by atoms with Gasteiger partial charge >= 0.3 is 0 Å². The highest BCUT2D eigenvalue weighted by atomic mass is 16.1. The molecule has 1 unspecified atom stereocenters. The summed E-state index contributed by atoms with van der Waals surface area (Å²) < 4.78 is 0. The minimum absolute atomic E-state index is 0.237. The Kier molecular flexibility index (Phi) is 3.78. The van der Waals surface area contributed by atoms with Gasteiger partial charge in [-0.3, -0.25) is 4.79 Å². The Morgan fingerprint density at radius 2 is 1.70 bits per heavy atom. The van der Waals surface area contributed by atoms with E-state index in [0.717, 1.165) is 25.7 Å². The SMILES string of the molecule is CC1(Cc2ccccc2)C(=O)CCC2=C1CCCCC2. The summed E-state index contributed by atoms with van der Waals surface area (Å²) in [5, 5.41) is 0. The number of hydrogen-bond donors (Lipinski definition) is 0. The summed E-state index contributed by atoms with van der Waals surface area (Å²) in [5.74, 6) is 0.460. The first-order chi connectivity index (χ1) is 9.70. The normalized spacial score (nSPS) is 27.1. The molecule has 2 aliphatic carbocycles. The van der Waals surface area contributed by atoms with Crippen molar-refractivity contribution in [1.29, 1.82) is 0 Å². The van der Waals surface area contributed by atoms with Gasteiger partial charge in [-0.2, -0.15) is 0 Å². The standard InChI is InChI=1S/C19H24O/c1-19(14-15-8-4-2-5-9-15)17-11-7-3-6-10-16(17)12-13-18(19)20/h2,4-5,8-9H,3,6-7,10-14H2,1H3. The maximum atomic E-state index is 12.7. The van der Waals surface area contributed by atoms with Crippen LogP contribution in [-0.2, 0) is 11.2 Å². The van der Waals surface area contributed by atoms with Gasteiger partial charge in [0.2, 0.25) is 0 Å². The summed E-state index contributed by atoms with van der Waals surface area (Å²) in [6, 6.07) is 10.5. The fourth-order valence-electron chi connectivity index (χ4n) is 4.00. The third-order valence-corrected chi connectivity index (χ3v) is 5.17. The summed E-state index contributed by atoms with van der Waals surface area (Å²) in [4.78, 5) is 12.7. The van der Waals surface area contributed by atoms with Crippen LogP contribution in [0, 0.1) is 5.41 Å². The summed E-state index contributed by atoms with van der Waals surface area (Å²) in [5.41, 5.74) is 4.16. The highest BCUT2D eigenvalue weighted by Gasteiger charge is 2.40. The van der Waals surface area contributed by atoms with Gasteiger partial charge in [0.15, 0.2) is 0 Å². The van der Waals surface area contributed by atoms with Gasteiger partial charge in [-0.25, -0.2) is 0 Å². The van der Waals surface area contributed by atoms with E-state index in [4.69, 9.17) is 0 Å². The molecule has 1 aromatic carbocycles. The fraction of sp³-hybridized carbons (Fsp3) is 0.526. The van der Waals surface area contributed by atoms with Gasteiger partial charge < -0.3 is 0 Å². The Labute approximate surface area is 122 Å². The van der Waals surface area contributed by atoms with E-state index in [1.165, 1.54) is 36.8 Å². The van der Waals surface area contributed by atoms with E-state index in [9.17, 15) is 4.79 Å². The third kappa shape index (κ3) is 2.46. The van der Waals surface area contributed by atoms with Crippen molar-refractivity contribution in [2.24, 2.45) is 5.41 Å². The van der Waals surface area contributed by atoms with Crippen LogP contribution < -0.4 is 0 Å². The first-order valence-electron chi connectivity index (χ1n) is 7.99. The van der Waals surface area contributed by atoms with Crippen LogP contribution in [-0.4, -0.2) is 5.78 Å². The number of benzene rings is 1. The number of rotatable bonds is 2. The van der Waals surface area contributed by atoms with Crippen molar-refractivity contribution in [3.63, 3.8) is 0 Å². The van der Waals surface area contributed by atoms with Gasteiger partial charge in [0.05, 0.1) is 5.41 Å². The second-order valence-corrected chi connectivity index (χ2v) is 6.56. The molecule has 0 saturated heterocycles. The van der Waals surface area contributed by atoms with Gasteiger partial charge in [-0.15, -0.1) is 0 Å². The maximum Gasteiger partial charge on any atom is 0.143 e. The van der Waals surface area contributed by atoms with Crippen molar-refractivity contribution >= 4 is 5.78 Å². The first-order valence-corrected chi connectivity index (χ1v) is 7.99. The van der Waals surface area contributed by atoms with E-state index in [2.05, 4.69) is 31.2 Å². The van der Waals surface area contributed by atoms with Crippen LogP contribution in [0.2, 0.25) is 0 Å². The predicted molar refractivity (Wildman–Crippen MR) is 82.6 cm³/mol. The lowest BCUT2D eigenvalue weighted by molar-refractivity contribution is -0.126. The quantitative estimate of drug-likeness (QED) is 0.700. The van der Waals surface area contributed by atoms with Gasteiger partial charge in [-0.1, -0.05) is 47.9 Å². The topological polar surface area (TPSA) is 17.1 Å². The average Bonchev–Trinajstić information content (AvgIpc) is 2.71. The van der Waals surface area contributed by atoms with Crippen LogP contribution in [0.15, 0.2) is 41.5 Å². The summed E-state index contributed by atoms with van der Waals surface area (Å²) in [6.45, 7) is 2.20. The van der Waals surface area contributed by atoms with Crippen LogP contribution in [0.5, 0.6) is 0 Å². The van der Waals surface area contributed by atoms with Crippen molar-refractivity contribution in [3.8, 4) is 0 Å². The van der Waals surface area contributed by atoms with Crippen molar-refractivity contribution in [2.45, 2.75) is 58.3 Å². The Balaban J connectivity index is 1.96. The number of hydrogen-bond acceptors (Lipinski definition) is 1. The van der Waals surface area contributed by atoms with Gasteiger partial charge in [-0.05, 0) is 51.0 Å². The molecule has 0 bridgehead atoms. The molecule has 0 N–H and O–H groups in total. The number of carbonyl (C=O) groups excluding carboxylic acids is 1. The van der Waals surface area contributed by atoms with E-state index >= 15 is 0 Å². The van der Waals surface area contributed by atoms with Crippen LogP contribution in [0.4, 0.5) is 0 Å². The molecule has 0 saturated carbocycles. The van der Waals surface area contributed by atoms with Crippen LogP contribution in [0.25, 0.3) is 0 Å². The molecule has 1 nitrogen and oxygen atoms in total. The average molecular weight is 268 g/mol. The molecule has 106 valence electrons. The van der Waals surface area contributed by atoms with E-state index in [0.29, 0.717) is 5.78 Å². The molecular weight excluding hydrogens is 244 g/mol. The molecule has 0 heterocycles. The van der Waals surface area contributed by atoms with Crippen molar-refractivity contribution in [1.82, 2.24) is 0 Å². The molecule has 1 aromatic rings. The van der Waals surface area contributed by atoms with Gasteiger partial charge in [0, 0.05) is 6.42 Å². The van der Waals surface area contributed by atoms with E-state index in [1.54, 1.807) is 5.57 Å². The summed E-state index contributed by atoms with van der Waals surface area (Å²) in [7, 11) is 0. The van der Waals surface area contributed by atoms with Crippen molar-refractivity contribution in [3.05, 3.63) is 47.0 Å². The van der Waals surface area contributed by atoms with E-state index < -0.39 is 0 Å². The molecule has 1 atom stereocenters. The highest BCUT2D eigenvalue weighted by Crippen LogP contribution is 2.45. The maximum absolute atomic E-state index is 12.7. The molecular formula is C19H24O. The van der Waals surface area contributed by atoms with Gasteiger partial charge in [0.1, 0.15) is 5.78 Å². The number of allylic oxidation sites excluding steroid dienone is 2. The predicted octanol–water partition coefficient (Wildman–Crippen LogP) is 4.86. The molecule has 2 aliphatic rings. The van der Waals surface area contributed by atoms with E-state index in [1.807, 2.05) is 6.07 Å². The Morgan fingerprint density at radius 3 is 2.50 bits per heavy atom. The third-order valence-electron chi connectivity index (χ3n) is 5.17. The minimum Gasteiger partial charge on any atom is -0.299 e. The fourth-order valence-corrected chi connectivity index (χ4v) is 4.00. The molecule has 3 rings (SSSR count). The zero-order valence-electron chi connectivity index (χ0n) is 12.5. The lowest BCUT2D eigenvalue weighted by atomic mass is 9.66.